The van der Waals surface area contributed by atoms with Gasteiger partial charge >= 0.3 is 5.97 Å². The number of halogens is 1. The average Bonchev–Trinajstić information content (AvgIpc) is 3.05. The molecule has 0 bridgehead atoms. The maximum Gasteiger partial charge on any atom is 0.337 e. The van der Waals surface area contributed by atoms with E-state index in [1.54, 1.807) is 12.1 Å². The second kappa shape index (κ2) is 14.9. The first-order chi connectivity index (χ1) is 23.7. The SMILES string of the molecule is Cc1cc(F)ccc1CN1CCc2cc(-c3c(CN4CCSCC4)nc(C)c([C@H](OC(C)(C)C)C(=O)O)c3N3CCC(C)(C)CC3)ccc2C1. The minimum absolute atomic E-state index is 0.192. The fourth-order valence-corrected chi connectivity index (χ4v) is 8.67. The normalized spacial score (nSPS) is 19.3. The summed E-state index contributed by atoms with van der Waals surface area (Å²) in [6.45, 7) is 21.3. The van der Waals surface area contributed by atoms with Gasteiger partial charge in [-0.15, -0.1) is 0 Å². The molecule has 2 aromatic carbocycles. The minimum atomic E-state index is -1.15. The maximum atomic E-state index is 13.8. The van der Waals surface area contributed by atoms with Gasteiger partial charge in [-0.25, -0.2) is 9.18 Å². The first-order valence-corrected chi connectivity index (χ1v) is 19.4. The van der Waals surface area contributed by atoms with Gasteiger partial charge in [0.15, 0.2) is 6.10 Å². The Balaban J connectivity index is 1.46. The van der Waals surface area contributed by atoms with E-state index in [-0.39, 0.29) is 11.2 Å². The van der Waals surface area contributed by atoms with Crippen LogP contribution in [0.4, 0.5) is 10.1 Å². The number of anilines is 1. The Morgan fingerprint density at radius 3 is 2.36 bits per heavy atom. The first kappa shape index (κ1) is 36.8. The van der Waals surface area contributed by atoms with Crippen molar-refractivity contribution in [3.05, 3.63) is 81.4 Å². The monoisotopic (exact) mass is 702 g/mol. The van der Waals surface area contributed by atoms with Crippen molar-refractivity contribution in [2.75, 3.05) is 49.1 Å². The lowest BCUT2D eigenvalue weighted by Crippen LogP contribution is -2.40. The number of ether oxygens (including phenoxy) is 1. The number of aryl methyl sites for hydroxylation is 2. The number of pyridine rings is 1. The topological polar surface area (TPSA) is 69.1 Å². The van der Waals surface area contributed by atoms with Gasteiger partial charge in [0.2, 0.25) is 0 Å². The smallest absolute Gasteiger partial charge is 0.337 e. The molecular formula is C41H55FN4O3S. The molecule has 9 heteroatoms. The van der Waals surface area contributed by atoms with Crippen LogP contribution in [0, 0.1) is 25.1 Å². The molecule has 270 valence electrons. The second-order valence-corrected chi connectivity index (χ2v) is 17.5. The van der Waals surface area contributed by atoms with Crippen molar-refractivity contribution < 1.29 is 19.0 Å². The van der Waals surface area contributed by atoms with Crippen LogP contribution < -0.4 is 4.90 Å². The van der Waals surface area contributed by atoms with Gasteiger partial charge in [-0.3, -0.25) is 14.8 Å². The van der Waals surface area contributed by atoms with E-state index in [0.717, 1.165) is 122 Å². The van der Waals surface area contributed by atoms with Gasteiger partial charge in [-0.1, -0.05) is 38.1 Å². The average molecular weight is 703 g/mol. The van der Waals surface area contributed by atoms with Crippen LogP contribution in [-0.2, 0) is 35.6 Å². The highest BCUT2D eigenvalue weighted by Crippen LogP contribution is 2.46. The quantitative estimate of drug-likeness (QED) is 0.240. The molecule has 3 aliphatic rings. The van der Waals surface area contributed by atoms with Crippen LogP contribution in [0.15, 0.2) is 36.4 Å². The summed E-state index contributed by atoms with van der Waals surface area (Å²) in [4.78, 5) is 25.8. The van der Waals surface area contributed by atoms with Crippen LogP contribution in [0.2, 0.25) is 0 Å². The number of aromatic nitrogens is 1. The van der Waals surface area contributed by atoms with E-state index in [2.05, 4.69) is 46.7 Å². The third kappa shape index (κ3) is 8.55. The van der Waals surface area contributed by atoms with Crippen molar-refractivity contribution in [2.24, 2.45) is 5.41 Å². The van der Waals surface area contributed by atoms with Crippen LogP contribution in [0.5, 0.6) is 0 Å². The van der Waals surface area contributed by atoms with Crippen molar-refractivity contribution in [1.82, 2.24) is 14.8 Å². The third-order valence-electron chi connectivity index (χ3n) is 10.6. The Morgan fingerprint density at radius 1 is 0.980 bits per heavy atom. The fourth-order valence-electron chi connectivity index (χ4n) is 7.69. The summed E-state index contributed by atoms with van der Waals surface area (Å²) < 4.78 is 20.2. The number of piperidine rings is 1. The number of fused-ring (bicyclic) bond motifs is 1. The van der Waals surface area contributed by atoms with E-state index < -0.39 is 17.7 Å². The van der Waals surface area contributed by atoms with Crippen LogP contribution in [-0.4, -0.2) is 75.7 Å². The third-order valence-corrected chi connectivity index (χ3v) is 11.6. The summed E-state index contributed by atoms with van der Waals surface area (Å²) in [5, 5.41) is 10.7. The van der Waals surface area contributed by atoms with Gasteiger partial charge in [0, 0.05) is 80.7 Å². The van der Waals surface area contributed by atoms with Gasteiger partial charge < -0.3 is 14.7 Å². The molecule has 1 atom stereocenters. The van der Waals surface area contributed by atoms with E-state index in [1.165, 1.54) is 11.1 Å². The molecule has 2 saturated heterocycles. The van der Waals surface area contributed by atoms with E-state index in [4.69, 9.17) is 9.72 Å². The Hall–Kier alpha value is -2.98. The lowest BCUT2D eigenvalue weighted by Gasteiger charge is -2.41. The molecule has 0 spiro atoms. The predicted molar refractivity (Wildman–Crippen MR) is 202 cm³/mol. The molecular weight excluding hydrogens is 648 g/mol. The van der Waals surface area contributed by atoms with Crippen molar-refractivity contribution in [1.29, 1.82) is 0 Å². The molecule has 6 rings (SSSR count). The molecule has 0 aliphatic carbocycles. The molecule has 3 aromatic rings. The number of carbonyl (C=O) groups is 1. The molecule has 0 saturated carbocycles. The summed E-state index contributed by atoms with van der Waals surface area (Å²) in [6.07, 6.45) is 1.81. The van der Waals surface area contributed by atoms with E-state index in [9.17, 15) is 14.3 Å². The highest BCUT2D eigenvalue weighted by atomic mass is 32.2. The lowest BCUT2D eigenvalue weighted by molar-refractivity contribution is -0.160. The summed E-state index contributed by atoms with van der Waals surface area (Å²) >= 11 is 2.00. The largest absolute Gasteiger partial charge is 0.479 e. The zero-order chi connectivity index (χ0) is 35.8. The van der Waals surface area contributed by atoms with Gasteiger partial charge in [-0.2, -0.15) is 11.8 Å². The number of carboxylic acids is 1. The zero-order valence-electron chi connectivity index (χ0n) is 31.1. The minimum Gasteiger partial charge on any atom is -0.479 e. The number of carboxylic acid groups (broad SMARTS) is 1. The Morgan fingerprint density at radius 2 is 1.70 bits per heavy atom. The molecule has 50 heavy (non-hydrogen) atoms. The lowest BCUT2D eigenvalue weighted by atomic mass is 9.81. The number of thioether (sulfide) groups is 1. The van der Waals surface area contributed by atoms with Crippen molar-refractivity contribution >= 4 is 23.4 Å². The molecule has 0 radical (unpaired) electrons. The van der Waals surface area contributed by atoms with Gasteiger partial charge in [0.25, 0.3) is 0 Å². The van der Waals surface area contributed by atoms with Crippen molar-refractivity contribution in [2.45, 2.75) is 99.1 Å². The molecule has 1 N–H and O–H groups in total. The molecule has 3 aliphatic heterocycles. The second-order valence-electron chi connectivity index (χ2n) is 16.3. The number of benzene rings is 2. The fraction of sp³-hybridized carbons (Fsp3) is 0.561. The first-order valence-electron chi connectivity index (χ1n) is 18.3. The van der Waals surface area contributed by atoms with Gasteiger partial charge in [0.05, 0.1) is 17.0 Å². The summed E-state index contributed by atoms with van der Waals surface area (Å²) in [5.74, 6) is 1.03. The van der Waals surface area contributed by atoms with E-state index >= 15 is 0 Å². The van der Waals surface area contributed by atoms with Crippen LogP contribution in [0.3, 0.4) is 0 Å². The summed E-state index contributed by atoms with van der Waals surface area (Å²) in [6, 6.07) is 11.9. The van der Waals surface area contributed by atoms with E-state index in [1.807, 2.05) is 52.4 Å². The molecule has 1 aromatic heterocycles. The Bertz CT molecular complexity index is 1700. The molecule has 2 fully saturated rings. The zero-order valence-corrected chi connectivity index (χ0v) is 31.9. The molecule has 0 unspecified atom stereocenters. The number of nitrogens with zero attached hydrogens (tertiary/aromatic N) is 4. The number of hydrogen-bond acceptors (Lipinski definition) is 7. The standard InChI is InChI=1S/C41H55FN4O3S/c1-27-22-33(42)11-10-31(27)24-45-15-12-29-23-30(8-9-32(29)25-45)36-34(26-44-18-20-50-21-19-44)43-28(2)35(38(39(47)48)49-40(3,4)5)37(36)46-16-13-41(6,7)14-17-46/h8-11,22-23,38H,12-21,24-26H2,1-7H3,(H,47,48)/t38-/m0/s1. The number of rotatable bonds is 9. The van der Waals surface area contributed by atoms with Crippen LogP contribution in [0.1, 0.15) is 92.8 Å². The van der Waals surface area contributed by atoms with Crippen molar-refractivity contribution in [3.8, 4) is 11.1 Å². The molecule has 7 nitrogen and oxygen atoms in total. The van der Waals surface area contributed by atoms with E-state index in [0.29, 0.717) is 5.56 Å². The molecule has 4 heterocycles. The predicted octanol–water partition coefficient (Wildman–Crippen LogP) is 8.18. The highest BCUT2D eigenvalue weighted by Gasteiger charge is 2.37. The van der Waals surface area contributed by atoms with Crippen molar-refractivity contribution in [3.63, 3.8) is 0 Å². The van der Waals surface area contributed by atoms with Gasteiger partial charge in [0.1, 0.15) is 5.82 Å². The summed E-state index contributed by atoms with van der Waals surface area (Å²) in [7, 11) is 0. The highest BCUT2D eigenvalue weighted by molar-refractivity contribution is 7.99. The Labute approximate surface area is 302 Å². The number of hydrogen-bond donors (Lipinski definition) is 1. The molecule has 0 amide bonds. The Kier molecular flexibility index (Phi) is 11.0. The maximum absolute atomic E-state index is 13.8. The summed E-state index contributed by atoms with van der Waals surface area (Å²) in [5.41, 5.74) is 9.89. The van der Waals surface area contributed by atoms with Gasteiger partial charge in [-0.05, 0) is 99.2 Å². The van der Waals surface area contributed by atoms with Crippen LogP contribution in [0.25, 0.3) is 11.1 Å². The number of aliphatic carboxylic acids is 1. The van der Waals surface area contributed by atoms with Crippen LogP contribution >= 0.6 is 11.8 Å².